The Hall–Kier alpha value is -3.66. The average molecular weight is 510 g/mol. The molecule has 4 rings (SSSR count). The van der Waals surface area contributed by atoms with Crippen LogP contribution in [0.4, 0.5) is 10.5 Å². The van der Waals surface area contributed by atoms with Crippen molar-refractivity contribution in [1.29, 1.82) is 0 Å². The van der Waals surface area contributed by atoms with E-state index in [0.29, 0.717) is 24.5 Å². The van der Waals surface area contributed by atoms with Crippen molar-refractivity contribution >= 4 is 28.6 Å². The second-order valence-corrected chi connectivity index (χ2v) is 10.6. The van der Waals surface area contributed by atoms with Gasteiger partial charge in [0, 0.05) is 56.0 Å². The number of amides is 2. The van der Waals surface area contributed by atoms with E-state index in [1.54, 1.807) is 10.9 Å². The maximum absolute atomic E-state index is 13.4. The average Bonchev–Trinajstić information content (AvgIpc) is 3.41. The molecular formula is C27H35N5O5. The number of hydrogen-bond acceptors (Lipinski definition) is 7. The third-order valence-electron chi connectivity index (χ3n) is 6.16. The molecule has 1 aromatic carbocycles. The lowest BCUT2D eigenvalue weighted by Gasteiger charge is -2.28. The molecule has 0 aliphatic carbocycles. The number of fused-ring (bicyclic) bond motifs is 1. The molecular weight excluding hydrogens is 474 g/mol. The largest absolute Gasteiger partial charge is 0.475 e. The number of pyridine rings is 1. The van der Waals surface area contributed by atoms with Crippen molar-refractivity contribution < 1.29 is 23.8 Å². The SMILES string of the molecule is CO[C@@]1(C(=O)Nc2ccc3c(c2)c(-c2ccc(OC(C)C)nc2)nn3C)CCN(C(=O)OC(C)(C)C)C1. The first-order valence-electron chi connectivity index (χ1n) is 12.4. The molecule has 0 spiro atoms. The number of nitrogens with zero attached hydrogens (tertiary/aromatic N) is 4. The third kappa shape index (κ3) is 5.69. The molecule has 1 atom stereocenters. The van der Waals surface area contributed by atoms with Crippen LogP contribution in [-0.4, -0.2) is 69.2 Å². The zero-order valence-corrected chi connectivity index (χ0v) is 22.5. The Balaban J connectivity index is 1.55. The van der Waals surface area contributed by atoms with Crippen LogP contribution in [-0.2, 0) is 21.3 Å². The normalized spacial score (nSPS) is 17.9. The summed E-state index contributed by atoms with van der Waals surface area (Å²) in [6.45, 7) is 9.81. The van der Waals surface area contributed by atoms with Crippen LogP contribution >= 0.6 is 0 Å². The lowest BCUT2D eigenvalue weighted by Crippen LogP contribution is -2.48. The molecule has 1 N–H and O–H groups in total. The number of methoxy groups -OCH3 is 1. The molecule has 10 heteroatoms. The number of aromatic nitrogens is 3. The highest BCUT2D eigenvalue weighted by Crippen LogP contribution is 2.32. The minimum absolute atomic E-state index is 0.0340. The zero-order chi connectivity index (χ0) is 27.0. The quantitative estimate of drug-likeness (QED) is 0.525. The van der Waals surface area contributed by atoms with Crippen LogP contribution in [0.2, 0.25) is 0 Å². The van der Waals surface area contributed by atoms with Gasteiger partial charge in [-0.15, -0.1) is 0 Å². The van der Waals surface area contributed by atoms with Crippen molar-refractivity contribution in [3.05, 3.63) is 36.5 Å². The topological polar surface area (TPSA) is 108 Å². The van der Waals surface area contributed by atoms with E-state index in [1.165, 1.54) is 12.0 Å². The first-order chi connectivity index (χ1) is 17.4. The fraction of sp³-hybridized carbons (Fsp3) is 0.481. The smallest absolute Gasteiger partial charge is 0.410 e. The van der Waals surface area contributed by atoms with Crippen LogP contribution in [0.15, 0.2) is 36.5 Å². The number of carbonyl (C=O) groups excluding carboxylic acids is 2. The van der Waals surface area contributed by atoms with Crippen molar-refractivity contribution in [3.63, 3.8) is 0 Å². The summed E-state index contributed by atoms with van der Waals surface area (Å²) in [5.74, 6) is 0.233. The molecule has 0 unspecified atom stereocenters. The summed E-state index contributed by atoms with van der Waals surface area (Å²) in [4.78, 5) is 31.8. The van der Waals surface area contributed by atoms with Gasteiger partial charge < -0.3 is 24.4 Å². The summed E-state index contributed by atoms with van der Waals surface area (Å²) in [6, 6.07) is 9.36. The van der Waals surface area contributed by atoms with Gasteiger partial charge in [-0.2, -0.15) is 5.10 Å². The molecule has 37 heavy (non-hydrogen) atoms. The van der Waals surface area contributed by atoms with Crippen LogP contribution in [0.5, 0.6) is 5.88 Å². The standard InChI is InChI=1S/C27H35N5O5/c1-17(2)36-22-11-8-18(15-28-22)23-20-14-19(9-10-21(20)31(6)30-23)29-24(33)27(35-7)12-13-32(16-27)25(34)37-26(3,4)5/h8-11,14-15,17H,12-13,16H2,1-7H3,(H,29,33)/t27-/m0/s1. The minimum atomic E-state index is -1.17. The Labute approximate surface area is 216 Å². The molecule has 1 saturated heterocycles. The number of hydrogen-bond donors (Lipinski definition) is 1. The molecule has 0 radical (unpaired) electrons. The van der Waals surface area contributed by atoms with E-state index in [9.17, 15) is 9.59 Å². The number of nitrogens with one attached hydrogen (secondary N) is 1. The Morgan fingerprint density at radius 3 is 2.54 bits per heavy atom. The fourth-order valence-electron chi connectivity index (χ4n) is 4.34. The van der Waals surface area contributed by atoms with Crippen LogP contribution in [0.25, 0.3) is 22.2 Å². The Morgan fingerprint density at radius 2 is 1.92 bits per heavy atom. The summed E-state index contributed by atoms with van der Waals surface area (Å²) < 4.78 is 18.6. The lowest BCUT2D eigenvalue weighted by atomic mass is 10.0. The summed E-state index contributed by atoms with van der Waals surface area (Å²) in [7, 11) is 3.36. The summed E-state index contributed by atoms with van der Waals surface area (Å²) in [5.41, 5.74) is 1.31. The number of rotatable bonds is 6. The second kappa shape index (κ2) is 10.0. The van der Waals surface area contributed by atoms with Crippen LogP contribution in [0.1, 0.15) is 41.0 Å². The minimum Gasteiger partial charge on any atom is -0.475 e. The van der Waals surface area contributed by atoms with Crippen molar-refractivity contribution in [2.45, 2.75) is 58.3 Å². The Kier molecular flexibility index (Phi) is 7.14. The van der Waals surface area contributed by atoms with Gasteiger partial charge in [-0.05, 0) is 58.9 Å². The number of aryl methyl sites for hydroxylation is 1. The van der Waals surface area contributed by atoms with E-state index in [1.807, 2.05) is 72.0 Å². The third-order valence-corrected chi connectivity index (χ3v) is 6.16. The van der Waals surface area contributed by atoms with Gasteiger partial charge in [0.05, 0.1) is 18.2 Å². The predicted octanol–water partition coefficient (Wildman–Crippen LogP) is 4.39. The second-order valence-electron chi connectivity index (χ2n) is 10.6. The highest BCUT2D eigenvalue weighted by atomic mass is 16.6. The number of carbonyl (C=O) groups is 2. The van der Waals surface area contributed by atoms with Gasteiger partial charge >= 0.3 is 6.09 Å². The molecule has 10 nitrogen and oxygen atoms in total. The molecule has 1 aliphatic heterocycles. The van der Waals surface area contributed by atoms with E-state index in [-0.39, 0.29) is 18.6 Å². The van der Waals surface area contributed by atoms with Gasteiger partial charge in [0.2, 0.25) is 5.88 Å². The van der Waals surface area contributed by atoms with E-state index in [4.69, 9.17) is 14.2 Å². The van der Waals surface area contributed by atoms with Crippen molar-refractivity contribution in [2.24, 2.45) is 7.05 Å². The van der Waals surface area contributed by atoms with Crippen LogP contribution in [0, 0.1) is 0 Å². The maximum Gasteiger partial charge on any atom is 0.410 e. The van der Waals surface area contributed by atoms with Gasteiger partial charge in [0.25, 0.3) is 5.91 Å². The number of benzene rings is 1. The van der Waals surface area contributed by atoms with Gasteiger partial charge in [-0.3, -0.25) is 9.48 Å². The maximum atomic E-state index is 13.4. The Bertz CT molecular complexity index is 1290. The van der Waals surface area contributed by atoms with Crippen LogP contribution in [0.3, 0.4) is 0 Å². The molecule has 0 saturated carbocycles. The number of likely N-dealkylation sites (tertiary alicyclic amines) is 1. The highest BCUT2D eigenvalue weighted by molar-refractivity contribution is 6.01. The molecule has 2 aromatic heterocycles. The number of anilines is 1. The number of ether oxygens (including phenoxy) is 3. The summed E-state index contributed by atoms with van der Waals surface area (Å²) >= 11 is 0. The summed E-state index contributed by atoms with van der Waals surface area (Å²) in [6.07, 6.45) is 1.67. The van der Waals surface area contributed by atoms with Gasteiger partial charge in [0.1, 0.15) is 11.3 Å². The van der Waals surface area contributed by atoms with Gasteiger partial charge in [-0.1, -0.05) is 0 Å². The van der Waals surface area contributed by atoms with E-state index >= 15 is 0 Å². The molecule has 0 bridgehead atoms. The molecule has 2 amide bonds. The summed E-state index contributed by atoms with van der Waals surface area (Å²) in [5, 5.41) is 8.52. The zero-order valence-electron chi connectivity index (χ0n) is 22.5. The first kappa shape index (κ1) is 26.4. The predicted molar refractivity (Wildman–Crippen MR) is 141 cm³/mol. The van der Waals surface area contributed by atoms with Crippen molar-refractivity contribution in [1.82, 2.24) is 19.7 Å². The van der Waals surface area contributed by atoms with Crippen molar-refractivity contribution in [3.8, 4) is 17.1 Å². The van der Waals surface area contributed by atoms with E-state index in [2.05, 4.69) is 15.4 Å². The van der Waals surface area contributed by atoms with Crippen LogP contribution < -0.4 is 10.1 Å². The van der Waals surface area contributed by atoms with Gasteiger partial charge in [0.15, 0.2) is 5.60 Å². The van der Waals surface area contributed by atoms with E-state index < -0.39 is 17.3 Å². The molecule has 198 valence electrons. The fourth-order valence-corrected chi connectivity index (χ4v) is 4.34. The lowest BCUT2D eigenvalue weighted by molar-refractivity contribution is -0.136. The van der Waals surface area contributed by atoms with Crippen molar-refractivity contribution in [2.75, 3.05) is 25.5 Å². The molecule has 3 heterocycles. The monoisotopic (exact) mass is 509 g/mol. The highest BCUT2D eigenvalue weighted by Gasteiger charge is 2.47. The van der Waals surface area contributed by atoms with Gasteiger partial charge in [-0.25, -0.2) is 9.78 Å². The molecule has 1 fully saturated rings. The Morgan fingerprint density at radius 1 is 1.16 bits per heavy atom. The molecule has 1 aliphatic rings. The van der Waals surface area contributed by atoms with E-state index in [0.717, 1.165) is 22.2 Å². The first-order valence-corrected chi connectivity index (χ1v) is 12.4. The molecule has 3 aromatic rings.